The van der Waals surface area contributed by atoms with Crippen molar-refractivity contribution in [3.05, 3.63) is 52.4 Å². The molecule has 2 bridgehead atoms. The number of halogens is 1. The van der Waals surface area contributed by atoms with Gasteiger partial charge in [0.25, 0.3) is 0 Å². The molecule has 0 saturated carbocycles. The summed E-state index contributed by atoms with van der Waals surface area (Å²) in [7, 11) is 0. The van der Waals surface area contributed by atoms with Crippen LogP contribution < -0.4 is 4.90 Å². The molecule has 4 heterocycles. The van der Waals surface area contributed by atoms with Crippen molar-refractivity contribution in [2.24, 2.45) is 0 Å². The summed E-state index contributed by atoms with van der Waals surface area (Å²) in [5.74, 6) is 0.904. The van der Waals surface area contributed by atoms with Crippen LogP contribution in [0.3, 0.4) is 0 Å². The molecule has 1 amide bonds. The maximum Gasteiger partial charge on any atom is 0.407 e. The predicted molar refractivity (Wildman–Crippen MR) is 110 cm³/mol. The van der Waals surface area contributed by atoms with E-state index in [4.69, 9.17) is 11.6 Å². The van der Waals surface area contributed by atoms with Gasteiger partial charge in [-0.2, -0.15) is 0 Å². The van der Waals surface area contributed by atoms with Crippen molar-refractivity contribution in [3.8, 4) is 0 Å². The molecule has 0 unspecified atom stereocenters. The van der Waals surface area contributed by atoms with Crippen LogP contribution in [0.15, 0.2) is 30.3 Å². The monoisotopic (exact) mass is 413 g/mol. The zero-order valence-electron chi connectivity index (χ0n) is 16.2. The largest absolute Gasteiger partial charge is 0.465 e. The third kappa shape index (κ3) is 3.53. The zero-order chi connectivity index (χ0) is 20.0. The van der Waals surface area contributed by atoms with Gasteiger partial charge in [0.05, 0.1) is 17.8 Å². The Morgan fingerprint density at radius 2 is 1.86 bits per heavy atom. The number of fused-ring (bicyclic) bond motifs is 3. The molecule has 1 N–H and O–H groups in total. The molecule has 1 aromatic carbocycles. The summed E-state index contributed by atoms with van der Waals surface area (Å²) in [6.45, 7) is 3.94. The molecule has 2 aromatic rings. The van der Waals surface area contributed by atoms with E-state index < -0.39 is 6.09 Å². The average molecular weight is 414 g/mol. The second-order valence-corrected chi connectivity index (χ2v) is 8.51. The number of aromatic nitrogens is 2. The summed E-state index contributed by atoms with van der Waals surface area (Å²) in [6, 6.07) is 10.5. The van der Waals surface area contributed by atoms with Crippen molar-refractivity contribution in [1.82, 2.24) is 19.8 Å². The van der Waals surface area contributed by atoms with Crippen molar-refractivity contribution >= 4 is 23.5 Å². The molecule has 7 nitrogen and oxygen atoms in total. The number of benzene rings is 1. The Morgan fingerprint density at radius 3 is 2.55 bits per heavy atom. The maximum absolute atomic E-state index is 11.6. The highest BCUT2D eigenvalue weighted by Crippen LogP contribution is 2.35. The van der Waals surface area contributed by atoms with Crippen LogP contribution >= 0.6 is 11.6 Å². The molecule has 1 aromatic heterocycles. The molecule has 3 aliphatic heterocycles. The number of carbonyl (C=O) groups is 1. The lowest BCUT2D eigenvalue weighted by molar-refractivity contribution is 0.114. The first-order valence-electron chi connectivity index (χ1n) is 10.2. The number of carboxylic acid groups (broad SMARTS) is 1. The fraction of sp³-hybridized carbons (Fsp3) is 0.476. The SMILES string of the molecule is O=C(O)N1[C@@H]2CC[C@H]1CN(c1nc(Cl)nc3c1CCN(Cc1ccccc1)C3)C2. The van der Waals surface area contributed by atoms with E-state index in [0.29, 0.717) is 13.1 Å². The standard InChI is InChI=1S/C21H24ClN5O2/c22-20-23-18-13-25(10-14-4-2-1-3-5-14)9-8-17(18)19(24-20)26-11-15-6-7-16(12-26)27(15)21(28)29/h1-5,15-16H,6-13H2,(H,28,29)/t15-,16+. The fourth-order valence-electron chi connectivity index (χ4n) is 5.06. The van der Waals surface area contributed by atoms with Crippen molar-refractivity contribution in [1.29, 1.82) is 0 Å². The van der Waals surface area contributed by atoms with E-state index in [1.807, 2.05) is 6.07 Å². The van der Waals surface area contributed by atoms with Crippen LogP contribution in [-0.4, -0.2) is 62.7 Å². The minimum Gasteiger partial charge on any atom is -0.465 e. The number of rotatable bonds is 3. The van der Waals surface area contributed by atoms with E-state index in [1.165, 1.54) is 11.1 Å². The predicted octanol–water partition coefficient (Wildman–Crippen LogP) is 3.02. The van der Waals surface area contributed by atoms with Gasteiger partial charge in [-0.05, 0) is 36.4 Å². The highest BCUT2D eigenvalue weighted by atomic mass is 35.5. The lowest BCUT2D eigenvalue weighted by atomic mass is 10.0. The quantitative estimate of drug-likeness (QED) is 0.780. The fourth-order valence-corrected chi connectivity index (χ4v) is 5.24. The molecule has 152 valence electrons. The molecule has 29 heavy (non-hydrogen) atoms. The van der Waals surface area contributed by atoms with E-state index in [-0.39, 0.29) is 17.4 Å². The second-order valence-electron chi connectivity index (χ2n) is 8.17. The number of nitrogens with zero attached hydrogens (tertiary/aromatic N) is 5. The Bertz CT molecular complexity index is 911. The number of piperazine rings is 1. The first kappa shape index (κ1) is 18.6. The topological polar surface area (TPSA) is 72.8 Å². The lowest BCUT2D eigenvalue weighted by Gasteiger charge is -2.41. The van der Waals surface area contributed by atoms with Crippen LogP contribution in [-0.2, 0) is 19.5 Å². The molecular weight excluding hydrogens is 390 g/mol. The van der Waals surface area contributed by atoms with Crippen LogP contribution in [0.4, 0.5) is 10.6 Å². The Labute approximate surface area is 174 Å². The smallest absolute Gasteiger partial charge is 0.407 e. The van der Waals surface area contributed by atoms with Crippen LogP contribution in [0.1, 0.15) is 29.7 Å². The zero-order valence-corrected chi connectivity index (χ0v) is 16.9. The van der Waals surface area contributed by atoms with Crippen molar-refractivity contribution in [3.63, 3.8) is 0 Å². The normalized spacial score (nSPS) is 23.9. The van der Waals surface area contributed by atoms with Crippen LogP contribution in [0.25, 0.3) is 0 Å². The average Bonchev–Trinajstić information content (AvgIpc) is 2.98. The highest BCUT2D eigenvalue weighted by molar-refractivity contribution is 6.28. The third-order valence-corrected chi connectivity index (χ3v) is 6.52. The van der Waals surface area contributed by atoms with Gasteiger partial charge in [0.1, 0.15) is 5.82 Å². The van der Waals surface area contributed by atoms with Gasteiger partial charge in [-0.15, -0.1) is 0 Å². The Morgan fingerprint density at radius 1 is 1.14 bits per heavy atom. The van der Waals surface area contributed by atoms with E-state index >= 15 is 0 Å². The second kappa shape index (κ2) is 7.46. The molecule has 2 fully saturated rings. The van der Waals surface area contributed by atoms with Gasteiger partial charge in [0.15, 0.2) is 0 Å². The number of hydrogen-bond donors (Lipinski definition) is 1. The Balaban J connectivity index is 1.38. The van der Waals surface area contributed by atoms with Crippen LogP contribution in [0.5, 0.6) is 0 Å². The van der Waals surface area contributed by atoms with Gasteiger partial charge < -0.3 is 10.0 Å². The highest BCUT2D eigenvalue weighted by Gasteiger charge is 2.43. The van der Waals surface area contributed by atoms with E-state index in [0.717, 1.165) is 50.4 Å². The molecule has 8 heteroatoms. The minimum absolute atomic E-state index is 0.0359. The molecule has 2 saturated heterocycles. The molecule has 2 atom stereocenters. The van der Waals surface area contributed by atoms with E-state index in [1.54, 1.807) is 4.90 Å². The van der Waals surface area contributed by atoms with Crippen LogP contribution in [0.2, 0.25) is 5.28 Å². The number of hydrogen-bond acceptors (Lipinski definition) is 5. The summed E-state index contributed by atoms with van der Waals surface area (Å²) in [4.78, 5) is 27.0. The summed E-state index contributed by atoms with van der Waals surface area (Å²) < 4.78 is 0. The summed E-state index contributed by atoms with van der Waals surface area (Å²) in [5, 5.41) is 9.79. The van der Waals surface area contributed by atoms with Gasteiger partial charge in [-0.3, -0.25) is 9.80 Å². The Hall–Kier alpha value is -2.38. The summed E-state index contributed by atoms with van der Waals surface area (Å²) in [5.41, 5.74) is 3.45. The van der Waals surface area contributed by atoms with Crippen molar-refractivity contribution in [2.75, 3.05) is 24.5 Å². The van der Waals surface area contributed by atoms with E-state index in [2.05, 4.69) is 44.0 Å². The van der Waals surface area contributed by atoms with Gasteiger partial charge in [0, 0.05) is 38.3 Å². The molecule has 5 rings (SSSR count). The van der Waals surface area contributed by atoms with Gasteiger partial charge in [-0.25, -0.2) is 14.8 Å². The maximum atomic E-state index is 11.6. The van der Waals surface area contributed by atoms with Gasteiger partial charge >= 0.3 is 6.09 Å². The first-order valence-corrected chi connectivity index (χ1v) is 10.5. The number of anilines is 1. The molecule has 0 spiro atoms. The molecule has 0 aliphatic carbocycles. The summed E-state index contributed by atoms with van der Waals surface area (Å²) >= 11 is 6.30. The minimum atomic E-state index is -0.809. The number of amides is 1. The van der Waals surface area contributed by atoms with Crippen molar-refractivity contribution in [2.45, 2.75) is 44.4 Å². The van der Waals surface area contributed by atoms with Crippen molar-refractivity contribution < 1.29 is 9.90 Å². The molecular formula is C21H24ClN5O2. The van der Waals surface area contributed by atoms with Gasteiger partial charge in [-0.1, -0.05) is 30.3 Å². The van der Waals surface area contributed by atoms with Gasteiger partial charge in [0.2, 0.25) is 5.28 Å². The lowest BCUT2D eigenvalue weighted by Crippen LogP contribution is -2.56. The van der Waals surface area contributed by atoms with E-state index in [9.17, 15) is 9.90 Å². The van der Waals surface area contributed by atoms with Crippen LogP contribution in [0, 0.1) is 0 Å². The molecule has 0 radical (unpaired) electrons. The Kier molecular flexibility index (Phi) is 4.80. The third-order valence-electron chi connectivity index (χ3n) is 6.35. The summed E-state index contributed by atoms with van der Waals surface area (Å²) in [6.07, 6.45) is 1.90. The first-order chi connectivity index (χ1) is 14.1. The molecule has 3 aliphatic rings.